The maximum Gasteiger partial charge on any atom is 0.277 e. The molecule has 2 aromatic rings. The highest BCUT2D eigenvalue weighted by atomic mass is 32.1. The van der Waals surface area contributed by atoms with Crippen molar-refractivity contribution in [3.63, 3.8) is 0 Å². The number of carbonyl (C=O) groups is 1. The van der Waals surface area contributed by atoms with E-state index >= 15 is 0 Å². The van der Waals surface area contributed by atoms with E-state index in [2.05, 4.69) is 4.98 Å². The molecule has 18 heavy (non-hydrogen) atoms. The van der Waals surface area contributed by atoms with E-state index in [1.165, 1.54) is 11.3 Å². The third-order valence-electron chi connectivity index (χ3n) is 2.71. The minimum absolute atomic E-state index is 0.111. The Morgan fingerprint density at radius 1 is 1.44 bits per heavy atom. The minimum atomic E-state index is -0.111. The molecule has 94 valence electrons. The Morgan fingerprint density at radius 2 is 2.17 bits per heavy atom. The predicted octanol–water partition coefficient (Wildman–Crippen LogP) is 2.70. The van der Waals surface area contributed by atoms with Crippen molar-refractivity contribution in [2.24, 2.45) is 0 Å². The molecule has 2 N–H and O–H groups in total. The number of thiazole rings is 1. The summed E-state index contributed by atoms with van der Waals surface area (Å²) < 4.78 is 0. The van der Waals surface area contributed by atoms with Gasteiger partial charge in [0, 0.05) is 17.6 Å². The molecule has 0 unspecified atom stereocenters. The number of para-hydroxylation sites is 1. The molecule has 0 spiro atoms. The molecule has 4 nitrogen and oxygen atoms in total. The summed E-state index contributed by atoms with van der Waals surface area (Å²) in [6, 6.07) is 7.80. The van der Waals surface area contributed by atoms with E-state index in [1.807, 2.05) is 38.1 Å². The van der Waals surface area contributed by atoms with E-state index in [4.69, 9.17) is 5.73 Å². The van der Waals surface area contributed by atoms with Crippen molar-refractivity contribution < 1.29 is 4.79 Å². The van der Waals surface area contributed by atoms with Crippen molar-refractivity contribution in [3.05, 3.63) is 40.9 Å². The van der Waals surface area contributed by atoms with Gasteiger partial charge in [-0.3, -0.25) is 4.79 Å². The van der Waals surface area contributed by atoms with Gasteiger partial charge in [0.15, 0.2) is 5.13 Å². The zero-order valence-corrected chi connectivity index (χ0v) is 11.2. The number of nitrogens with zero attached hydrogens (tertiary/aromatic N) is 2. The van der Waals surface area contributed by atoms with Gasteiger partial charge in [-0.25, -0.2) is 4.98 Å². The lowest BCUT2D eigenvalue weighted by Crippen LogP contribution is -2.31. The smallest absolute Gasteiger partial charge is 0.277 e. The van der Waals surface area contributed by atoms with Crippen LogP contribution in [-0.2, 0) is 0 Å². The summed E-state index contributed by atoms with van der Waals surface area (Å²) in [5.74, 6) is -0.111. The molecule has 0 saturated heterocycles. The van der Waals surface area contributed by atoms with Gasteiger partial charge in [0.25, 0.3) is 5.91 Å². The Bertz CT molecular complexity index is 565. The number of nitrogens with two attached hydrogens (primary N) is 1. The summed E-state index contributed by atoms with van der Waals surface area (Å²) in [7, 11) is 0. The molecular weight excluding hydrogens is 246 g/mol. The third-order valence-corrected chi connectivity index (χ3v) is 3.38. The van der Waals surface area contributed by atoms with Gasteiger partial charge < -0.3 is 10.6 Å². The van der Waals surface area contributed by atoms with E-state index in [0.717, 1.165) is 11.3 Å². The largest absolute Gasteiger partial charge is 0.375 e. The summed E-state index contributed by atoms with van der Waals surface area (Å²) in [4.78, 5) is 18.1. The van der Waals surface area contributed by atoms with Gasteiger partial charge in [-0.1, -0.05) is 18.2 Å². The van der Waals surface area contributed by atoms with Crippen molar-refractivity contribution in [2.75, 3.05) is 17.2 Å². The summed E-state index contributed by atoms with van der Waals surface area (Å²) in [6.45, 7) is 4.53. The SMILES string of the molecule is CCN(C(=O)c1csc(N)n1)c1ccccc1C. The normalized spacial score (nSPS) is 10.3. The molecule has 1 aromatic carbocycles. The van der Waals surface area contributed by atoms with Crippen LogP contribution in [0.3, 0.4) is 0 Å². The Labute approximate surface area is 110 Å². The summed E-state index contributed by atoms with van der Waals surface area (Å²) in [5.41, 5.74) is 7.95. The maximum absolute atomic E-state index is 12.4. The number of amides is 1. The molecule has 1 heterocycles. The number of anilines is 2. The lowest BCUT2D eigenvalue weighted by molar-refractivity contribution is 0.0984. The van der Waals surface area contributed by atoms with Crippen LogP contribution in [0.2, 0.25) is 0 Å². The number of hydrogen-bond acceptors (Lipinski definition) is 4. The summed E-state index contributed by atoms with van der Waals surface area (Å²) in [6.07, 6.45) is 0. The van der Waals surface area contributed by atoms with Crippen LogP contribution in [0.5, 0.6) is 0 Å². The Hall–Kier alpha value is -1.88. The first kappa shape index (κ1) is 12.6. The fourth-order valence-electron chi connectivity index (χ4n) is 1.81. The first-order valence-electron chi connectivity index (χ1n) is 5.72. The van der Waals surface area contributed by atoms with E-state index in [-0.39, 0.29) is 5.91 Å². The van der Waals surface area contributed by atoms with Crippen LogP contribution in [0.25, 0.3) is 0 Å². The molecule has 5 heteroatoms. The molecule has 0 atom stereocenters. The molecule has 0 aliphatic rings. The van der Waals surface area contributed by atoms with Gasteiger partial charge in [0.05, 0.1) is 0 Å². The van der Waals surface area contributed by atoms with Crippen molar-refractivity contribution in [2.45, 2.75) is 13.8 Å². The zero-order chi connectivity index (χ0) is 13.1. The lowest BCUT2D eigenvalue weighted by atomic mass is 10.1. The Morgan fingerprint density at radius 3 is 2.72 bits per heavy atom. The molecule has 1 aromatic heterocycles. The standard InChI is InChI=1S/C13H15N3OS/c1-3-16(11-7-5-4-6-9(11)2)12(17)10-8-18-13(14)15-10/h4-8H,3H2,1-2H3,(H2,14,15). The van der Waals surface area contributed by atoms with E-state index in [0.29, 0.717) is 17.4 Å². The maximum atomic E-state index is 12.4. The zero-order valence-electron chi connectivity index (χ0n) is 10.4. The van der Waals surface area contributed by atoms with E-state index in [1.54, 1.807) is 10.3 Å². The number of carbonyl (C=O) groups excluding carboxylic acids is 1. The van der Waals surface area contributed by atoms with Gasteiger partial charge in [-0.15, -0.1) is 11.3 Å². The fourth-order valence-corrected chi connectivity index (χ4v) is 2.35. The van der Waals surface area contributed by atoms with Gasteiger partial charge in [0.1, 0.15) is 5.69 Å². The van der Waals surface area contributed by atoms with Crippen LogP contribution < -0.4 is 10.6 Å². The highest BCUT2D eigenvalue weighted by Crippen LogP contribution is 2.22. The summed E-state index contributed by atoms with van der Waals surface area (Å²) in [5, 5.41) is 2.11. The third kappa shape index (κ3) is 2.36. The van der Waals surface area contributed by atoms with Gasteiger partial charge in [0.2, 0.25) is 0 Å². The van der Waals surface area contributed by atoms with Gasteiger partial charge in [-0.2, -0.15) is 0 Å². The molecule has 0 radical (unpaired) electrons. The number of aromatic nitrogens is 1. The molecular formula is C13H15N3OS. The molecule has 2 rings (SSSR count). The Kier molecular flexibility index (Phi) is 3.62. The van der Waals surface area contributed by atoms with Crippen molar-refractivity contribution in [1.82, 2.24) is 4.98 Å². The van der Waals surface area contributed by atoms with Crippen molar-refractivity contribution >= 4 is 28.1 Å². The monoisotopic (exact) mass is 261 g/mol. The molecule has 0 saturated carbocycles. The van der Waals surface area contributed by atoms with Gasteiger partial charge >= 0.3 is 0 Å². The number of hydrogen-bond donors (Lipinski definition) is 1. The second-order valence-electron chi connectivity index (χ2n) is 3.91. The van der Waals surface area contributed by atoms with Crippen LogP contribution >= 0.6 is 11.3 Å². The van der Waals surface area contributed by atoms with E-state index < -0.39 is 0 Å². The van der Waals surface area contributed by atoms with Crippen LogP contribution in [0.15, 0.2) is 29.6 Å². The average Bonchev–Trinajstić information content (AvgIpc) is 2.79. The van der Waals surface area contributed by atoms with Crippen LogP contribution in [-0.4, -0.2) is 17.4 Å². The molecule has 1 amide bonds. The average molecular weight is 261 g/mol. The molecule has 0 bridgehead atoms. The molecule has 0 aliphatic heterocycles. The highest BCUT2D eigenvalue weighted by molar-refractivity contribution is 7.13. The Balaban J connectivity index is 2.35. The first-order valence-corrected chi connectivity index (χ1v) is 6.60. The van der Waals surface area contributed by atoms with Crippen LogP contribution in [0, 0.1) is 6.92 Å². The van der Waals surface area contributed by atoms with Crippen molar-refractivity contribution in [3.8, 4) is 0 Å². The minimum Gasteiger partial charge on any atom is -0.375 e. The van der Waals surface area contributed by atoms with E-state index in [9.17, 15) is 4.79 Å². The van der Waals surface area contributed by atoms with Crippen LogP contribution in [0.1, 0.15) is 23.0 Å². The number of rotatable bonds is 3. The van der Waals surface area contributed by atoms with Gasteiger partial charge in [-0.05, 0) is 25.5 Å². The predicted molar refractivity (Wildman–Crippen MR) is 75.1 cm³/mol. The van der Waals surface area contributed by atoms with Crippen molar-refractivity contribution in [1.29, 1.82) is 0 Å². The number of nitrogen functional groups attached to an aromatic ring is 1. The quantitative estimate of drug-likeness (QED) is 0.924. The first-order chi connectivity index (χ1) is 8.63. The lowest BCUT2D eigenvalue weighted by Gasteiger charge is -2.21. The second kappa shape index (κ2) is 5.18. The number of benzene rings is 1. The topological polar surface area (TPSA) is 59.2 Å². The second-order valence-corrected chi connectivity index (χ2v) is 4.80. The number of aryl methyl sites for hydroxylation is 1. The highest BCUT2D eigenvalue weighted by Gasteiger charge is 2.19. The van der Waals surface area contributed by atoms with Crippen LogP contribution in [0.4, 0.5) is 10.8 Å². The summed E-state index contributed by atoms with van der Waals surface area (Å²) >= 11 is 1.28. The fraction of sp³-hybridized carbons (Fsp3) is 0.231. The molecule has 0 fully saturated rings. The molecule has 0 aliphatic carbocycles.